The standard InChI is InChI=1S/C16H16ClN5O/c1-11(18-12-8-9-14(17)15(10-12)23-2)16-19-20-21-22(16)13-6-4-3-5-7-13/h3-11,18H,1-2H3. The number of ether oxygens (including phenoxy) is 1. The van der Waals surface area contributed by atoms with Crippen molar-refractivity contribution in [3.05, 3.63) is 59.4 Å². The zero-order chi connectivity index (χ0) is 16.2. The van der Waals surface area contributed by atoms with Crippen LogP contribution >= 0.6 is 11.6 Å². The van der Waals surface area contributed by atoms with E-state index in [0.29, 0.717) is 16.6 Å². The van der Waals surface area contributed by atoms with Crippen LogP contribution in [0.25, 0.3) is 5.69 Å². The molecule has 2 aromatic carbocycles. The Bertz CT molecular complexity index is 790. The molecule has 1 aromatic heterocycles. The predicted molar refractivity (Wildman–Crippen MR) is 89.2 cm³/mol. The van der Waals surface area contributed by atoms with Crippen molar-refractivity contribution >= 4 is 17.3 Å². The quantitative estimate of drug-likeness (QED) is 0.776. The van der Waals surface area contributed by atoms with Gasteiger partial charge in [-0.2, -0.15) is 4.68 Å². The summed E-state index contributed by atoms with van der Waals surface area (Å²) in [6.45, 7) is 1.99. The van der Waals surface area contributed by atoms with E-state index in [1.54, 1.807) is 17.9 Å². The summed E-state index contributed by atoms with van der Waals surface area (Å²) in [4.78, 5) is 0. The average molecular weight is 330 g/mol. The van der Waals surface area contributed by atoms with Crippen LogP contribution < -0.4 is 10.1 Å². The molecule has 0 fully saturated rings. The summed E-state index contributed by atoms with van der Waals surface area (Å²) in [5, 5.41) is 15.9. The molecule has 1 unspecified atom stereocenters. The monoisotopic (exact) mass is 329 g/mol. The van der Waals surface area contributed by atoms with E-state index >= 15 is 0 Å². The number of hydrogen-bond donors (Lipinski definition) is 1. The van der Waals surface area contributed by atoms with Crippen LogP contribution in [0, 0.1) is 0 Å². The highest BCUT2D eigenvalue weighted by Crippen LogP contribution is 2.29. The van der Waals surface area contributed by atoms with Crippen LogP contribution in [0.15, 0.2) is 48.5 Å². The van der Waals surface area contributed by atoms with Gasteiger partial charge >= 0.3 is 0 Å². The Morgan fingerprint density at radius 1 is 1.17 bits per heavy atom. The zero-order valence-corrected chi connectivity index (χ0v) is 13.5. The van der Waals surface area contributed by atoms with Gasteiger partial charge in [0.2, 0.25) is 0 Å². The van der Waals surface area contributed by atoms with Gasteiger partial charge in [-0.3, -0.25) is 0 Å². The minimum atomic E-state index is -0.101. The van der Waals surface area contributed by atoms with E-state index in [9.17, 15) is 0 Å². The number of anilines is 1. The maximum absolute atomic E-state index is 6.05. The summed E-state index contributed by atoms with van der Waals surface area (Å²) in [5.41, 5.74) is 1.79. The Balaban J connectivity index is 1.85. The first-order chi connectivity index (χ1) is 11.2. The second-order valence-electron chi connectivity index (χ2n) is 5.00. The van der Waals surface area contributed by atoms with E-state index in [4.69, 9.17) is 16.3 Å². The molecule has 23 heavy (non-hydrogen) atoms. The maximum Gasteiger partial charge on any atom is 0.178 e. The summed E-state index contributed by atoms with van der Waals surface area (Å²) in [6.07, 6.45) is 0. The summed E-state index contributed by atoms with van der Waals surface area (Å²) in [7, 11) is 1.59. The lowest BCUT2D eigenvalue weighted by Crippen LogP contribution is -2.13. The Labute approximate surface area is 139 Å². The predicted octanol–water partition coefficient (Wildman–Crippen LogP) is 3.50. The van der Waals surface area contributed by atoms with Crippen LogP contribution in [0.4, 0.5) is 5.69 Å². The largest absolute Gasteiger partial charge is 0.495 e. The molecule has 7 heteroatoms. The molecule has 3 rings (SSSR count). The van der Waals surface area contributed by atoms with Gasteiger partial charge in [0.15, 0.2) is 5.82 Å². The average Bonchev–Trinajstić information content (AvgIpc) is 3.07. The number of aromatic nitrogens is 4. The molecule has 0 aliphatic heterocycles. The molecule has 0 aliphatic carbocycles. The van der Waals surface area contributed by atoms with Crippen LogP contribution in [-0.4, -0.2) is 27.3 Å². The number of nitrogens with one attached hydrogen (secondary N) is 1. The van der Waals surface area contributed by atoms with E-state index in [-0.39, 0.29) is 6.04 Å². The SMILES string of the molecule is COc1cc(NC(C)c2nnnn2-c2ccccc2)ccc1Cl. The smallest absolute Gasteiger partial charge is 0.178 e. The fourth-order valence-electron chi connectivity index (χ4n) is 2.28. The lowest BCUT2D eigenvalue weighted by atomic mass is 10.2. The number of para-hydroxylation sites is 1. The Hall–Kier alpha value is -2.60. The third-order valence-corrected chi connectivity index (χ3v) is 3.73. The normalized spacial score (nSPS) is 12.0. The molecule has 0 aliphatic rings. The van der Waals surface area contributed by atoms with Gasteiger partial charge in [0, 0.05) is 11.8 Å². The van der Waals surface area contributed by atoms with Gasteiger partial charge < -0.3 is 10.1 Å². The molecule has 1 heterocycles. The van der Waals surface area contributed by atoms with Gasteiger partial charge in [-0.15, -0.1) is 5.10 Å². The van der Waals surface area contributed by atoms with Gasteiger partial charge in [0.25, 0.3) is 0 Å². The summed E-state index contributed by atoms with van der Waals surface area (Å²) >= 11 is 6.05. The number of methoxy groups -OCH3 is 1. The Morgan fingerprint density at radius 3 is 2.70 bits per heavy atom. The molecule has 118 valence electrons. The number of nitrogens with zero attached hydrogens (tertiary/aromatic N) is 4. The summed E-state index contributed by atoms with van der Waals surface area (Å²) in [5.74, 6) is 1.33. The van der Waals surface area contributed by atoms with E-state index in [0.717, 1.165) is 11.4 Å². The van der Waals surface area contributed by atoms with Crippen LogP contribution in [-0.2, 0) is 0 Å². The highest BCUT2D eigenvalue weighted by atomic mass is 35.5. The van der Waals surface area contributed by atoms with Gasteiger partial charge in [-0.1, -0.05) is 29.8 Å². The molecule has 0 radical (unpaired) electrons. The van der Waals surface area contributed by atoms with Crippen molar-refractivity contribution in [3.63, 3.8) is 0 Å². The lowest BCUT2D eigenvalue weighted by Gasteiger charge is -2.16. The van der Waals surface area contributed by atoms with Crippen molar-refractivity contribution in [2.24, 2.45) is 0 Å². The van der Waals surface area contributed by atoms with E-state index in [2.05, 4.69) is 20.8 Å². The van der Waals surface area contributed by atoms with Crippen molar-refractivity contribution in [3.8, 4) is 11.4 Å². The maximum atomic E-state index is 6.05. The molecule has 0 bridgehead atoms. The molecule has 1 N–H and O–H groups in total. The van der Waals surface area contributed by atoms with Gasteiger partial charge in [0.05, 0.1) is 23.9 Å². The van der Waals surface area contributed by atoms with Gasteiger partial charge in [0.1, 0.15) is 5.75 Å². The third-order valence-electron chi connectivity index (χ3n) is 3.42. The molecule has 3 aromatic rings. The number of benzene rings is 2. The zero-order valence-electron chi connectivity index (χ0n) is 12.8. The molecular formula is C16H16ClN5O. The molecule has 6 nitrogen and oxygen atoms in total. The van der Waals surface area contributed by atoms with Crippen molar-refractivity contribution in [2.45, 2.75) is 13.0 Å². The van der Waals surface area contributed by atoms with Crippen LogP contribution in [0.5, 0.6) is 5.75 Å². The second-order valence-corrected chi connectivity index (χ2v) is 5.41. The van der Waals surface area contributed by atoms with Crippen molar-refractivity contribution in [1.29, 1.82) is 0 Å². The molecular weight excluding hydrogens is 314 g/mol. The van der Waals surface area contributed by atoms with Crippen LogP contribution in [0.3, 0.4) is 0 Å². The topological polar surface area (TPSA) is 64.9 Å². The minimum Gasteiger partial charge on any atom is -0.495 e. The van der Waals surface area contributed by atoms with Crippen LogP contribution in [0.1, 0.15) is 18.8 Å². The highest BCUT2D eigenvalue weighted by Gasteiger charge is 2.16. The minimum absolute atomic E-state index is 0.101. The first-order valence-electron chi connectivity index (χ1n) is 7.13. The third kappa shape index (κ3) is 3.27. The van der Waals surface area contributed by atoms with E-state index < -0.39 is 0 Å². The first-order valence-corrected chi connectivity index (χ1v) is 7.50. The molecule has 0 amide bonds. The number of halogens is 1. The van der Waals surface area contributed by atoms with Gasteiger partial charge in [-0.05, 0) is 41.6 Å². The number of hydrogen-bond acceptors (Lipinski definition) is 5. The number of tetrazole rings is 1. The van der Waals surface area contributed by atoms with E-state index in [1.807, 2.05) is 49.4 Å². The fourth-order valence-corrected chi connectivity index (χ4v) is 2.48. The van der Waals surface area contributed by atoms with Crippen LogP contribution in [0.2, 0.25) is 5.02 Å². The highest BCUT2D eigenvalue weighted by molar-refractivity contribution is 6.32. The second kappa shape index (κ2) is 6.66. The summed E-state index contributed by atoms with van der Waals surface area (Å²) < 4.78 is 6.95. The Morgan fingerprint density at radius 2 is 1.96 bits per heavy atom. The Kier molecular flexibility index (Phi) is 4.43. The van der Waals surface area contributed by atoms with Crippen molar-refractivity contribution in [2.75, 3.05) is 12.4 Å². The first kappa shape index (κ1) is 15.3. The lowest BCUT2D eigenvalue weighted by molar-refractivity contribution is 0.415. The summed E-state index contributed by atoms with van der Waals surface area (Å²) in [6, 6.07) is 15.2. The number of rotatable bonds is 5. The molecule has 0 saturated carbocycles. The van der Waals surface area contributed by atoms with E-state index in [1.165, 1.54) is 0 Å². The molecule has 0 spiro atoms. The molecule has 0 saturated heterocycles. The van der Waals surface area contributed by atoms with Crippen molar-refractivity contribution in [1.82, 2.24) is 20.2 Å². The van der Waals surface area contributed by atoms with Gasteiger partial charge in [-0.25, -0.2) is 0 Å². The fraction of sp³-hybridized carbons (Fsp3) is 0.188. The molecule has 1 atom stereocenters. The van der Waals surface area contributed by atoms with Crippen molar-refractivity contribution < 1.29 is 4.74 Å².